The van der Waals surface area contributed by atoms with Crippen molar-refractivity contribution in [3.05, 3.63) is 35.9 Å². The molecule has 2 unspecified atom stereocenters. The third-order valence-corrected chi connectivity index (χ3v) is 4.27. The molecule has 0 spiro atoms. The highest BCUT2D eigenvalue weighted by Gasteiger charge is 2.21. The summed E-state index contributed by atoms with van der Waals surface area (Å²) >= 11 is 0. The fourth-order valence-electron chi connectivity index (χ4n) is 2.68. The summed E-state index contributed by atoms with van der Waals surface area (Å²) in [4.78, 5) is 14.2. The predicted molar refractivity (Wildman–Crippen MR) is 86.0 cm³/mol. The number of benzene rings is 1. The minimum Gasteiger partial charge on any atom is -0.355 e. The Balaban J connectivity index is 1.66. The first-order valence-electron chi connectivity index (χ1n) is 7.92. The molecule has 1 amide bonds. The largest absolute Gasteiger partial charge is 0.355 e. The molecule has 21 heavy (non-hydrogen) atoms. The molecule has 1 aromatic carbocycles. The molecule has 1 aliphatic heterocycles. The number of carbonyl (C=O) groups excluding carboxylic acids is 1. The molecule has 0 bridgehead atoms. The van der Waals surface area contributed by atoms with Gasteiger partial charge in [0.1, 0.15) is 0 Å². The molecule has 4 nitrogen and oxygen atoms in total. The fraction of sp³-hybridized carbons (Fsp3) is 0.588. The summed E-state index contributed by atoms with van der Waals surface area (Å²) in [6, 6.07) is 11.0. The fourth-order valence-corrected chi connectivity index (χ4v) is 2.68. The lowest BCUT2D eigenvalue weighted by Gasteiger charge is -2.25. The maximum Gasteiger partial charge on any atom is 0.237 e. The highest BCUT2D eigenvalue weighted by atomic mass is 16.2. The minimum absolute atomic E-state index is 0.0300. The number of carbonyl (C=O) groups is 1. The van der Waals surface area contributed by atoms with Crippen LogP contribution in [0.4, 0.5) is 0 Å². The molecule has 2 rings (SSSR count). The summed E-state index contributed by atoms with van der Waals surface area (Å²) in [5.74, 6) is 0.158. The number of hydrogen-bond acceptors (Lipinski definition) is 3. The molecule has 1 aliphatic rings. The van der Waals surface area contributed by atoms with Gasteiger partial charge in [-0.05, 0) is 45.3 Å². The minimum atomic E-state index is 0.0300. The van der Waals surface area contributed by atoms with Crippen molar-refractivity contribution in [1.29, 1.82) is 0 Å². The number of hydrogen-bond donors (Lipinski definition) is 2. The van der Waals surface area contributed by atoms with E-state index in [2.05, 4.69) is 53.8 Å². The van der Waals surface area contributed by atoms with Crippen LogP contribution in [-0.2, 0) is 11.3 Å². The second kappa shape index (κ2) is 8.15. The van der Waals surface area contributed by atoms with Crippen molar-refractivity contribution >= 4 is 5.91 Å². The van der Waals surface area contributed by atoms with Crippen molar-refractivity contribution in [2.24, 2.45) is 0 Å². The Kier molecular flexibility index (Phi) is 6.21. The quantitative estimate of drug-likeness (QED) is 0.804. The van der Waals surface area contributed by atoms with E-state index in [0.29, 0.717) is 6.04 Å². The Morgan fingerprint density at radius 3 is 2.86 bits per heavy atom. The van der Waals surface area contributed by atoms with Gasteiger partial charge >= 0.3 is 0 Å². The van der Waals surface area contributed by atoms with Crippen LogP contribution in [0.15, 0.2) is 30.3 Å². The lowest BCUT2D eigenvalue weighted by molar-refractivity contribution is -0.122. The van der Waals surface area contributed by atoms with Crippen LogP contribution in [0.5, 0.6) is 0 Å². The number of nitrogens with zero attached hydrogens (tertiary/aromatic N) is 1. The average Bonchev–Trinajstić information content (AvgIpc) is 3.02. The Morgan fingerprint density at radius 2 is 2.19 bits per heavy atom. The molecule has 1 heterocycles. The Labute approximate surface area is 127 Å². The van der Waals surface area contributed by atoms with Crippen LogP contribution >= 0.6 is 0 Å². The van der Waals surface area contributed by atoms with Crippen LogP contribution in [0, 0.1) is 0 Å². The van der Waals surface area contributed by atoms with Gasteiger partial charge in [0, 0.05) is 19.1 Å². The van der Waals surface area contributed by atoms with E-state index in [1.807, 2.05) is 6.07 Å². The van der Waals surface area contributed by atoms with Crippen molar-refractivity contribution in [2.45, 2.75) is 44.8 Å². The van der Waals surface area contributed by atoms with Crippen LogP contribution in [-0.4, -0.2) is 43.0 Å². The van der Waals surface area contributed by atoms with Crippen LogP contribution in [0.3, 0.4) is 0 Å². The first-order chi connectivity index (χ1) is 10.2. The molecule has 2 N–H and O–H groups in total. The first kappa shape index (κ1) is 16.0. The summed E-state index contributed by atoms with van der Waals surface area (Å²) in [5, 5.41) is 6.27. The highest BCUT2D eigenvalue weighted by molar-refractivity contribution is 5.81. The number of rotatable bonds is 7. The zero-order chi connectivity index (χ0) is 15.1. The molecule has 0 radical (unpaired) electrons. The zero-order valence-corrected chi connectivity index (χ0v) is 13.1. The van der Waals surface area contributed by atoms with Gasteiger partial charge in [-0.1, -0.05) is 30.3 Å². The summed E-state index contributed by atoms with van der Waals surface area (Å²) < 4.78 is 0. The van der Waals surface area contributed by atoms with Gasteiger partial charge in [-0.2, -0.15) is 0 Å². The van der Waals surface area contributed by atoms with Gasteiger partial charge in [-0.15, -0.1) is 0 Å². The molecular weight excluding hydrogens is 262 g/mol. The van der Waals surface area contributed by atoms with Crippen molar-refractivity contribution in [3.8, 4) is 0 Å². The van der Waals surface area contributed by atoms with E-state index in [4.69, 9.17) is 0 Å². The standard InChI is InChI=1S/C17H27N3O/c1-14(20(2)13-15-7-4-3-5-8-15)10-12-19-17(21)16-9-6-11-18-16/h3-5,7-8,14,16,18H,6,9-13H2,1-2H3,(H,19,21). The number of amides is 1. The van der Waals surface area contributed by atoms with Crippen LogP contribution in [0.1, 0.15) is 31.7 Å². The SMILES string of the molecule is CC(CCNC(=O)C1CCCN1)N(C)Cc1ccccc1. The monoisotopic (exact) mass is 289 g/mol. The predicted octanol–water partition coefficient (Wildman–Crippen LogP) is 1.77. The smallest absolute Gasteiger partial charge is 0.237 e. The van der Waals surface area contributed by atoms with E-state index in [-0.39, 0.29) is 11.9 Å². The maximum atomic E-state index is 11.9. The van der Waals surface area contributed by atoms with E-state index < -0.39 is 0 Å². The topological polar surface area (TPSA) is 44.4 Å². The molecule has 0 aliphatic carbocycles. The summed E-state index contributed by atoms with van der Waals surface area (Å²) in [5.41, 5.74) is 1.33. The van der Waals surface area contributed by atoms with E-state index in [1.54, 1.807) is 0 Å². The lowest BCUT2D eigenvalue weighted by atomic mass is 10.1. The Morgan fingerprint density at radius 1 is 1.43 bits per heavy atom. The van der Waals surface area contributed by atoms with E-state index in [0.717, 1.165) is 38.9 Å². The summed E-state index contributed by atoms with van der Waals surface area (Å²) in [6.07, 6.45) is 3.05. The summed E-state index contributed by atoms with van der Waals surface area (Å²) in [6.45, 7) is 4.87. The second-order valence-electron chi connectivity index (χ2n) is 5.98. The first-order valence-corrected chi connectivity index (χ1v) is 7.92. The molecule has 1 fully saturated rings. The molecular formula is C17H27N3O. The molecule has 0 saturated carbocycles. The van der Waals surface area contributed by atoms with Gasteiger partial charge in [0.05, 0.1) is 6.04 Å². The van der Waals surface area contributed by atoms with Crippen molar-refractivity contribution < 1.29 is 4.79 Å². The molecule has 2 atom stereocenters. The van der Waals surface area contributed by atoms with Gasteiger partial charge < -0.3 is 10.6 Å². The molecule has 1 aromatic rings. The lowest BCUT2D eigenvalue weighted by Crippen LogP contribution is -2.42. The second-order valence-corrected chi connectivity index (χ2v) is 5.98. The third kappa shape index (κ3) is 5.14. The van der Waals surface area contributed by atoms with Gasteiger partial charge in [0.2, 0.25) is 5.91 Å². The molecule has 0 aromatic heterocycles. The Bertz CT molecular complexity index is 429. The van der Waals surface area contributed by atoms with E-state index in [1.165, 1.54) is 5.56 Å². The zero-order valence-electron chi connectivity index (χ0n) is 13.1. The average molecular weight is 289 g/mol. The summed E-state index contributed by atoms with van der Waals surface area (Å²) in [7, 11) is 2.14. The van der Waals surface area contributed by atoms with Crippen molar-refractivity contribution in [2.75, 3.05) is 20.1 Å². The van der Waals surface area contributed by atoms with Gasteiger partial charge in [-0.25, -0.2) is 0 Å². The normalized spacial score (nSPS) is 19.7. The highest BCUT2D eigenvalue weighted by Crippen LogP contribution is 2.08. The Hall–Kier alpha value is -1.39. The van der Waals surface area contributed by atoms with Gasteiger partial charge in [-0.3, -0.25) is 9.69 Å². The van der Waals surface area contributed by atoms with E-state index >= 15 is 0 Å². The van der Waals surface area contributed by atoms with Crippen molar-refractivity contribution in [1.82, 2.24) is 15.5 Å². The van der Waals surface area contributed by atoms with Crippen LogP contribution in [0.2, 0.25) is 0 Å². The molecule has 1 saturated heterocycles. The van der Waals surface area contributed by atoms with Gasteiger partial charge in [0.15, 0.2) is 0 Å². The van der Waals surface area contributed by atoms with E-state index in [9.17, 15) is 4.79 Å². The van der Waals surface area contributed by atoms with Crippen molar-refractivity contribution in [3.63, 3.8) is 0 Å². The van der Waals surface area contributed by atoms with Crippen LogP contribution in [0.25, 0.3) is 0 Å². The third-order valence-electron chi connectivity index (χ3n) is 4.27. The molecule has 4 heteroatoms. The number of nitrogens with one attached hydrogen (secondary N) is 2. The maximum absolute atomic E-state index is 11.9. The van der Waals surface area contributed by atoms with Crippen LogP contribution < -0.4 is 10.6 Å². The molecule has 116 valence electrons. The van der Waals surface area contributed by atoms with Gasteiger partial charge in [0.25, 0.3) is 0 Å².